The predicted molar refractivity (Wildman–Crippen MR) is 93.3 cm³/mol. The number of benzene rings is 1. The van der Waals surface area contributed by atoms with E-state index in [-0.39, 0.29) is 11.8 Å². The molecule has 0 bridgehead atoms. The van der Waals surface area contributed by atoms with Gasteiger partial charge in [-0.15, -0.1) is 0 Å². The van der Waals surface area contributed by atoms with Crippen molar-refractivity contribution in [3.05, 3.63) is 41.7 Å². The normalized spacial score (nSPS) is 15.2. The molecule has 1 heterocycles. The van der Waals surface area contributed by atoms with Crippen molar-refractivity contribution in [1.82, 2.24) is 4.98 Å². The van der Waals surface area contributed by atoms with E-state index in [1.807, 2.05) is 24.3 Å². The third kappa shape index (κ3) is 3.23. The molecule has 0 saturated heterocycles. The van der Waals surface area contributed by atoms with Crippen molar-refractivity contribution in [1.29, 1.82) is 5.41 Å². The lowest BCUT2D eigenvalue weighted by molar-refractivity contribution is -0.117. The van der Waals surface area contributed by atoms with Crippen molar-refractivity contribution in [2.75, 3.05) is 5.32 Å². The van der Waals surface area contributed by atoms with Crippen LogP contribution in [-0.4, -0.2) is 16.6 Å². The molecule has 1 aromatic carbocycles. The van der Waals surface area contributed by atoms with Crippen LogP contribution >= 0.6 is 0 Å². The van der Waals surface area contributed by atoms with Crippen molar-refractivity contribution in [2.45, 2.75) is 26.7 Å². The van der Waals surface area contributed by atoms with Crippen molar-refractivity contribution in [3.8, 4) is 0 Å². The van der Waals surface area contributed by atoms with E-state index in [9.17, 15) is 4.79 Å². The number of carbonyl (C=O) groups is 1. The highest BCUT2D eigenvalue weighted by atomic mass is 16.2. The van der Waals surface area contributed by atoms with Crippen LogP contribution in [0.5, 0.6) is 0 Å². The lowest BCUT2D eigenvalue weighted by Gasteiger charge is -2.10. The molecule has 2 aromatic rings. The number of hydrogen-bond donors (Lipinski definition) is 3. The fraction of sp³-hybridized carbons (Fsp3) is 0.278. The number of nitrogens with one attached hydrogen (secondary N) is 2. The van der Waals surface area contributed by atoms with Gasteiger partial charge in [-0.3, -0.25) is 4.79 Å². The topological polar surface area (TPSA) is 91.9 Å². The van der Waals surface area contributed by atoms with Crippen molar-refractivity contribution < 1.29 is 4.79 Å². The lowest BCUT2D eigenvalue weighted by Crippen LogP contribution is -2.14. The van der Waals surface area contributed by atoms with Gasteiger partial charge < -0.3 is 16.5 Å². The molecule has 5 nitrogen and oxygen atoms in total. The third-order valence-corrected chi connectivity index (χ3v) is 3.98. The maximum absolute atomic E-state index is 11.8. The zero-order valence-corrected chi connectivity index (χ0v) is 13.3. The number of rotatable bonds is 4. The number of anilines is 1. The molecule has 1 aliphatic carbocycles. The molecule has 0 spiro atoms. The highest BCUT2D eigenvalue weighted by molar-refractivity contribution is 6.22. The van der Waals surface area contributed by atoms with Crippen LogP contribution < -0.4 is 11.1 Å². The van der Waals surface area contributed by atoms with E-state index < -0.39 is 0 Å². The minimum absolute atomic E-state index is 0.0527. The molecule has 118 valence electrons. The summed E-state index contributed by atoms with van der Waals surface area (Å²) >= 11 is 0. The molecule has 5 heteroatoms. The summed E-state index contributed by atoms with van der Waals surface area (Å²) in [5.74, 6) is 0.790. The summed E-state index contributed by atoms with van der Waals surface area (Å²) in [6.07, 6.45) is 3.68. The molecule has 1 saturated carbocycles. The number of fused-ring (bicyclic) bond motifs is 1. The molecule has 0 radical (unpaired) electrons. The fourth-order valence-corrected chi connectivity index (χ4v) is 2.68. The Hall–Kier alpha value is -2.69. The van der Waals surface area contributed by atoms with Gasteiger partial charge in [0.1, 0.15) is 5.82 Å². The van der Waals surface area contributed by atoms with E-state index in [1.165, 1.54) is 0 Å². The van der Waals surface area contributed by atoms with Crippen LogP contribution in [0, 0.1) is 11.3 Å². The molecule has 0 unspecified atom stereocenters. The van der Waals surface area contributed by atoms with Gasteiger partial charge in [-0.2, -0.15) is 0 Å². The van der Waals surface area contributed by atoms with Crippen LogP contribution in [-0.2, 0) is 4.79 Å². The smallest absolute Gasteiger partial charge is 0.228 e. The molecule has 0 aliphatic heterocycles. The molecular formula is C18H20N4O. The first-order valence-electron chi connectivity index (χ1n) is 7.68. The Bertz CT molecular complexity index is 830. The van der Waals surface area contributed by atoms with E-state index in [0.717, 1.165) is 34.8 Å². The number of hydrogen-bond acceptors (Lipinski definition) is 4. The van der Waals surface area contributed by atoms with Crippen LogP contribution in [0.15, 0.2) is 36.2 Å². The maximum atomic E-state index is 11.8. The first-order valence-corrected chi connectivity index (χ1v) is 7.68. The number of amides is 1. The molecule has 1 fully saturated rings. The van der Waals surface area contributed by atoms with Gasteiger partial charge in [-0.1, -0.05) is 12.1 Å². The van der Waals surface area contributed by atoms with Crippen LogP contribution in [0.4, 0.5) is 5.82 Å². The van der Waals surface area contributed by atoms with E-state index >= 15 is 0 Å². The number of aromatic nitrogens is 1. The summed E-state index contributed by atoms with van der Waals surface area (Å²) in [7, 11) is 0. The Kier molecular flexibility index (Phi) is 3.86. The standard InChI is InChI=1S/C18H20N4O/c1-10(19)17(11(2)20)14-6-5-13-8-16(21-9-15(13)7-14)22-18(23)12-3-4-12/h5-9,12,19H,3-4,20H2,1-2H3,(H,21,22,23). The third-order valence-electron chi connectivity index (χ3n) is 3.98. The summed E-state index contributed by atoms with van der Waals surface area (Å²) in [5, 5.41) is 12.7. The number of nitrogens with zero attached hydrogens (tertiary/aromatic N) is 1. The van der Waals surface area contributed by atoms with Gasteiger partial charge in [0.25, 0.3) is 0 Å². The zero-order valence-electron chi connectivity index (χ0n) is 13.3. The second kappa shape index (κ2) is 5.83. The quantitative estimate of drug-likeness (QED) is 0.757. The minimum Gasteiger partial charge on any atom is -0.402 e. The van der Waals surface area contributed by atoms with E-state index in [1.54, 1.807) is 20.0 Å². The first-order chi connectivity index (χ1) is 11.0. The molecule has 1 aliphatic rings. The number of carbonyl (C=O) groups excluding carboxylic acids is 1. The Labute approximate surface area is 135 Å². The molecule has 0 atom stereocenters. The van der Waals surface area contributed by atoms with Crippen molar-refractivity contribution >= 4 is 33.8 Å². The molecule has 1 amide bonds. The van der Waals surface area contributed by atoms with Crippen molar-refractivity contribution in [3.63, 3.8) is 0 Å². The second-order valence-electron chi connectivity index (χ2n) is 6.08. The van der Waals surface area contributed by atoms with Gasteiger partial charge in [-0.05, 0) is 49.8 Å². The predicted octanol–water partition coefficient (Wildman–Crippen LogP) is 3.31. The second-order valence-corrected chi connectivity index (χ2v) is 6.08. The van der Waals surface area contributed by atoms with Crippen LogP contribution in [0.1, 0.15) is 32.3 Å². The molecule has 1 aromatic heterocycles. The number of nitrogens with two attached hydrogens (primary N) is 1. The van der Waals surface area contributed by atoms with Gasteiger partial charge >= 0.3 is 0 Å². The molecule has 4 N–H and O–H groups in total. The van der Waals surface area contributed by atoms with Crippen LogP contribution in [0.2, 0.25) is 0 Å². The molecular weight excluding hydrogens is 288 g/mol. The van der Waals surface area contributed by atoms with Crippen LogP contribution in [0.3, 0.4) is 0 Å². The van der Waals surface area contributed by atoms with E-state index in [0.29, 0.717) is 17.2 Å². The Morgan fingerprint density at radius 1 is 1.26 bits per heavy atom. The van der Waals surface area contributed by atoms with E-state index in [2.05, 4.69) is 10.3 Å². The molecule has 23 heavy (non-hydrogen) atoms. The van der Waals surface area contributed by atoms with E-state index in [4.69, 9.17) is 11.1 Å². The fourth-order valence-electron chi connectivity index (χ4n) is 2.68. The maximum Gasteiger partial charge on any atom is 0.228 e. The zero-order chi connectivity index (χ0) is 16.6. The summed E-state index contributed by atoms with van der Waals surface area (Å²) < 4.78 is 0. The van der Waals surface area contributed by atoms with Gasteiger partial charge in [0.2, 0.25) is 5.91 Å². The highest BCUT2D eigenvalue weighted by Crippen LogP contribution is 2.30. The van der Waals surface area contributed by atoms with Gasteiger partial charge in [0.05, 0.1) is 0 Å². The average molecular weight is 308 g/mol. The monoisotopic (exact) mass is 308 g/mol. The number of allylic oxidation sites excluding steroid dienone is 2. The summed E-state index contributed by atoms with van der Waals surface area (Å²) in [5.41, 5.74) is 8.61. The first kappa shape index (κ1) is 15.2. The summed E-state index contributed by atoms with van der Waals surface area (Å²) in [6.45, 7) is 3.52. The number of pyridine rings is 1. The van der Waals surface area contributed by atoms with Crippen molar-refractivity contribution in [2.24, 2.45) is 11.7 Å². The summed E-state index contributed by atoms with van der Waals surface area (Å²) in [6, 6.07) is 7.75. The minimum atomic E-state index is 0.0527. The average Bonchev–Trinajstić information content (AvgIpc) is 3.31. The van der Waals surface area contributed by atoms with Crippen LogP contribution in [0.25, 0.3) is 16.3 Å². The lowest BCUT2D eigenvalue weighted by atomic mass is 9.98. The largest absolute Gasteiger partial charge is 0.402 e. The van der Waals surface area contributed by atoms with Gasteiger partial charge in [0, 0.05) is 34.5 Å². The Balaban J connectivity index is 1.93. The highest BCUT2D eigenvalue weighted by Gasteiger charge is 2.29. The Morgan fingerprint density at radius 3 is 2.61 bits per heavy atom. The summed E-state index contributed by atoms with van der Waals surface area (Å²) in [4.78, 5) is 16.1. The Morgan fingerprint density at radius 2 is 2.00 bits per heavy atom. The molecule has 3 rings (SSSR count). The van der Waals surface area contributed by atoms with Gasteiger partial charge in [-0.25, -0.2) is 4.98 Å². The SMILES string of the molecule is CC(=N)C(=C(C)N)c1ccc2cc(NC(=O)C3CC3)ncc2c1. The van der Waals surface area contributed by atoms with Gasteiger partial charge in [0.15, 0.2) is 0 Å².